The van der Waals surface area contributed by atoms with E-state index in [-0.39, 0.29) is 36.7 Å². The maximum absolute atomic E-state index is 12.3. The molecule has 2 fully saturated rings. The fourth-order valence-electron chi connectivity index (χ4n) is 3.43. The molecule has 2 heterocycles. The molecule has 0 spiro atoms. The summed E-state index contributed by atoms with van der Waals surface area (Å²) in [5.41, 5.74) is 0. The molecule has 2 aliphatic heterocycles. The van der Waals surface area contributed by atoms with Crippen molar-refractivity contribution in [3.05, 3.63) is 0 Å². The van der Waals surface area contributed by atoms with E-state index in [0.29, 0.717) is 6.61 Å². The summed E-state index contributed by atoms with van der Waals surface area (Å²) in [7, 11) is 11.5. The lowest BCUT2D eigenvalue weighted by molar-refractivity contribution is -0.0286. The van der Waals surface area contributed by atoms with Crippen molar-refractivity contribution in [2.75, 3.05) is 27.4 Å². The lowest BCUT2D eigenvalue weighted by Crippen LogP contribution is -2.32. The number of rotatable bonds is 9. The highest BCUT2D eigenvalue weighted by Crippen LogP contribution is 2.48. The molecule has 0 aromatic carbocycles. The van der Waals surface area contributed by atoms with Crippen LogP contribution >= 0.6 is 7.82 Å². The van der Waals surface area contributed by atoms with Crippen molar-refractivity contribution < 1.29 is 37.5 Å². The van der Waals surface area contributed by atoms with Crippen LogP contribution in [-0.4, -0.2) is 91.5 Å². The van der Waals surface area contributed by atoms with Gasteiger partial charge in [-0.2, -0.15) is 0 Å². The molecule has 0 bridgehead atoms. The zero-order chi connectivity index (χ0) is 19.5. The molecule has 143 valence electrons. The summed E-state index contributed by atoms with van der Waals surface area (Å²) in [6.45, 7) is 3.86. The Hall–Kier alpha value is 0.145. The minimum absolute atomic E-state index is 0.0101. The largest absolute Gasteiger partial charge is 0.472 e. The Labute approximate surface area is 158 Å². The molecule has 12 heteroatoms. The van der Waals surface area contributed by atoms with Crippen LogP contribution in [0.15, 0.2) is 0 Å². The average Bonchev–Trinajstić information content (AvgIpc) is 3.04. The van der Waals surface area contributed by atoms with Crippen molar-refractivity contribution in [3.63, 3.8) is 0 Å². The topological polar surface area (TPSA) is 92.7 Å². The molecule has 26 heavy (non-hydrogen) atoms. The number of hydrogen-bond donors (Lipinski definition) is 1. The second kappa shape index (κ2) is 9.57. The molecule has 3 unspecified atom stereocenters. The maximum atomic E-state index is 12.3. The van der Waals surface area contributed by atoms with Crippen LogP contribution in [0.3, 0.4) is 0 Å². The summed E-state index contributed by atoms with van der Waals surface area (Å²) in [6.07, 6.45) is -1.98. The molecule has 2 saturated heterocycles. The predicted molar refractivity (Wildman–Crippen MR) is 96.2 cm³/mol. The van der Waals surface area contributed by atoms with Gasteiger partial charge in [0.25, 0.3) is 0 Å². The summed E-state index contributed by atoms with van der Waals surface area (Å²) in [5, 5.41) is 0. The van der Waals surface area contributed by atoms with Crippen LogP contribution in [0.2, 0.25) is 0 Å². The van der Waals surface area contributed by atoms with E-state index in [9.17, 15) is 9.46 Å². The molecule has 1 N–H and O–H groups in total. The average molecular weight is 385 g/mol. The first kappa shape index (κ1) is 22.4. The second-order valence-electron chi connectivity index (χ2n) is 6.68. The first-order chi connectivity index (χ1) is 12.2. The molecule has 9 atom stereocenters. The van der Waals surface area contributed by atoms with E-state index in [1.54, 1.807) is 0 Å². The van der Waals surface area contributed by atoms with Gasteiger partial charge >= 0.3 is 7.82 Å². The van der Waals surface area contributed by atoms with Crippen LogP contribution in [0, 0.1) is 11.8 Å². The molecule has 0 amide bonds. The smallest absolute Gasteiger partial charge is 0.382 e. The van der Waals surface area contributed by atoms with E-state index in [2.05, 4.69) is 0 Å². The van der Waals surface area contributed by atoms with E-state index in [4.69, 9.17) is 43.6 Å². The van der Waals surface area contributed by atoms with Crippen molar-refractivity contribution in [3.8, 4) is 0 Å². The van der Waals surface area contributed by atoms with E-state index < -0.39 is 26.0 Å². The van der Waals surface area contributed by atoms with Crippen LogP contribution in [0.5, 0.6) is 0 Å². The van der Waals surface area contributed by atoms with Gasteiger partial charge in [-0.3, -0.25) is 9.05 Å². The van der Waals surface area contributed by atoms with Crippen LogP contribution in [0.4, 0.5) is 0 Å². The molecule has 0 aromatic heterocycles. The van der Waals surface area contributed by atoms with Crippen molar-refractivity contribution in [2.45, 2.75) is 50.3 Å². The lowest BCUT2D eigenvalue weighted by atomic mass is 9.49. The minimum atomic E-state index is -4.38. The molecule has 8 nitrogen and oxygen atoms in total. The first-order valence-corrected chi connectivity index (χ1v) is 10.0. The molecule has 2 aliphatic rings. The van der Waals surface area contributed by atoms with Gasteiger partial charge in [-0.05, 0) is 0 Å². The van der Waals surface area contributed by atoms with E-state index >= 15 is 0 Å². The third kappa shape index (κ3) is 5.14. The molecule has 0 saturated carbocycles. The Morgan fingerprint density at radius 1 is 1.12 bits per heavy atom. The summed E-state index contributed by atoms with van der Waals surface area (Å²) in [4.78, 5) is 10.1. The second-order valence-corrected chi connectivity index (χ2v) is 8.09. The van der Waals surface area contributed by atoms with E-state index in [1.165, 1.54) is 21.4 Å². The third-order valence-electron chi connectivity index (χ3n) is 4.94. The summed E-state index contributed by atoms with van der Waals surface area (Å²) in [5.74, 6) is -0.246. The van der Waals surface area contributed by atoms with Crippen molar-refractivity contribution in [2.24, 2.45) is 11.8 Å². The van der Waals surface area contributed by atoms with Gasteiger partial charge in [0.05, 0.1) is 38.7 Å². The van der Waals surface area contributed by atoms with Crippen LogP contribution in [0.25, 0.3) is 0 Å². The normalized spacial score (nSPS) is 42.7. The van der Waals surface area contributed by atoms with Crippen molar-refractivity contribution in [1.82, 2.24) is 0 Å². The van der Waals surface area contributed by atoms with Crippen molar-refractivity contribution in [1.29, 1.82) is 0 Å². The number of phosphoric acid groups is 1. The number of phosphoric ester groups is 1. The van der Waals surface area contributed by atoms with Gasteiger partial charge in [-0.15, -0.1) is 0 Å². The standard InChI is InChI=1S/C14H25B3O8P/c1-7-9(5-20-3)23-13(15)12(7)25-26(18,19)22-6-10-11(21-4)8(2)14(17-16)24-10/h7-14H,5-6H2,1-4H3,(H,18,19)/t7?,8-,9+,10+,11?,12-,13+,14+/m0/s1. The van der Waals surface area contributed by atoms with Gasteiger partial charge in [0.15, 0.2) is 0 Å². The first-order valence-electron chi connectivity index (χ1n) is 8.53. The monoisotopic (exact) mass is 385 g/mol. The summed E-state index contributed by atoms with van der Waals surface area (Å²) >= 11 is 0. The fraction of sp³-hybridized carbons (Fsp3) is 1.00. The van der Waals surface area contributed by atoms with Gasteiger partial charge in [0, 0.05) is 45.8 Å². The maximum Gasteiger partial charge on any atom is 0.472 e. The zero-order valence-corrected chi connectivity index (χ0v) is 16.4. The van der Waals surface area contributed by atoms with Gasteiger partial charge in [0.2, 0.25) is 0 Å². The number of ether oxygens (including phenoxy) is 4. The molecule has 5 radical (unpaired) electrons. The zero-order valence-electron chi connectivity index (χ0n) is 15.5. The predicted octanol–water partition coefficient (Wildman–Crippen LogP) is -0.172. The Morgan fingerprint density at radius 2 is 1.81 bits per heavy atom. The lowest BCUT2D eigenvalue weighted by Gasteiger charge is -2.24. The minimum Gasteiger partial charge on any atom is -0.382 e. The SMILES string of the molecule is [B][B][C@@H]1O[C@H](COP(=O)(O)O[C@H]2C(C)[C@@H](COC)O[C@H]2[B])C(OC)[C@@H]1C. The molecular weight excluding hydrogens is 360 g/mol. The Morgan fingerprint density at radius 3 is 2.38 bits per heavy atom. The fourth-order valence-corrected chi connectivity index (χ4v) is 4.44. The van der Waals surface area contributed by atoms with Crippen molar-refractivity contribution >= 4 is 30.6 Å². The summed E-state index contributed by atoms with van der Waals surface area (Å²) in [6, 6.07) is -1.17. The van der Waals surface area contributed by atoms with Gasteiger partial charge in [-0.25, -0.2) is 4.57 Å². The third-order valence-corrected chi connectivity index (χ3v) is 5.93. The quantitative estimate of drug-likeness (QED) is 0.432. The van der Waals surface area contributed by atoms with E-state index in [1.807, 2.05) is 13.8 Å². The Balaban J connectivity index is 1.91. The van der Waals surface area contributed by atoms with Gasteiger partial charge in [-0.1, -0.05) is 13.8 Å². The Kier molecular flexibility index (Phi) is 8.25. The highest BCUT2D eigenvalue weighted by atomic mass is 31.2. The highest BCUT2D eigenvalue weighted by Gasteiger charge is 2.45. The molecule has 0 aliphatic carbocycles. The molecule has 0 aromatic rings. The molecular formula is C14H25B3O8P. The molecule has 2 rings (SSSR count). The number of hydrogen-bond acceptors (Lipinski definition) is 7. The van der Waals surface area contributed by atoms with Crippen LogP contribution < -0.4 is 0 Å². The van der Waals surface area contributed by atoms with E-state index in [0.717, 1.165) is 0 Å². The summed E-state index contributed by atoms with van der Waals surface area (Å²) < 4.78 is 44.4. The highest BCUT2D eigenvalue weighted by molar-refractivity contribution is 7.47. The van der Waals surface area contributed by atoms with Crippen LogP contribution in [-0.2, 0) is 32.6 Å². The number of methoxy groups -OCH3 is 2. The van der Waals surface area contributed by atoms with Gasteiger partial charge < -0.3 is 23.8 Å². The van der Waals surface area contributed by atoms with Crippen LogP contribution in [0.1, 0.15) is 13.8 Å². The Bertz CT molecular complexity index is 501. The van der Waals surface area contributed by atoms with Gasteiger partial charge in [0.1, 0.15) is 14.0 Å².